The molecule has 0 heterocycles. The number of hydrogen-bond acceptors (Lipinski definition) is 3. The lowest BCUT2D eigenvalue weighted by molar-refractivity contribution is 0.306. The molecule has 0 aliphatic carbocycles. The first-order chi connectivity index (χ1) is 9.19. The van der Waals surface area contributed by atoms with Crippen LogP contribution in [0.2, 0.25) is 0 Å². The van der Waals surface area contributed by atoms with Gasteiger partial charge in [-0.25, -0.2) is 0 Å². The van der Waals surface area contributed by atoms with Gasteiger partial charge in [-0.05, 0) is 36.2 Å². The van der Waals surface area contributed by atoms with Crippen molar-refractivity contribution in [2.45, 2.75) is 13.5 Å². The molecule has 2 rings (SSSR count). The largest absolute Gasteiger partial charge is 0.489 e. The van der Waals surface area contributed by atoms with E-state index >= 15 is 0 Å². The van der Waals surface area contributed by atoms with Gasteiger partial charge >= 0.3 is 0 Å². The Hall–Kier alpha value is -2.49. The fourth-order valence-corrected chi connectivity index (χ4v) is 1.75. The van der Waals surface area contributed by atoms with E-state index in [1.165, 1.54) is 0 Å². The summed E-state index contributed by atoms with van der Waals surface area (Å²) in [4.78, 5) is 0. The van der Waals surface area contributed by atoms with Crippen LogP contribution in [0.1, 0.15) is 16.7 Å². The summed E-state index contributed by atoms with van der Waals surface area (Å²) in [5.41, 5.74) is 8.34. The van der Waals surface area contributed by atoms with Crippen LogP contribution in [0.25, 0.3) is 0 Å². The molecule has 0 aliphatic heterocycles. The van der Waals surface area contributed by atoms with Crippen LogP contribution in [0.4, 0.5) is 0 Å². The van der Waals surface area contributed by atoms with Gasteiger partial charge in [-0.1, -0.05) is 35.5 Å². The zero-order valence-corrected chi connectivity index (χ0v) is 10.7. The molecular formula is C15H16N2O2. The van der Waals surface area contributed by atoms with E-state index < -0.39 is 0 Å². The van der Waals surface area contributed by atoms with Gasteiger partial charge in [0, 0.05) is 5.56 Å². The highest BCUT2D eigenvalue weighted by Gasteiger charge is 2.01. The third-order valence-corrected chi connectivity index (χ3v) is 2.73. The lowest BCUT2D eigenvalue weighted by atomic mass is 10.1. The molecule has 0 aliphatic rings. The van der Waals surface area contributed by atoms with Crippen molar-refractivity contribution in [3.8, 4) is 5.75 Å². The van der Waals surface area contributed by atoms with Gasteiger partial charge in [-0.15, -0.1) is 0 Å². The molecule has 0 radical (unpaired) electrons. The van der Waals surface area contributed by atoms with Gasteiger partial charge in [0.05, 0.1) is 0 Å². The predicted octanol–water partition coefficient (Wildman–Crippen LogP) is 2.67. The normalized spacial score (nSPS) is 11.3. The molecule has 4 heteroatoms. The number of ether oxygens (including phenoxy) is 1. The SMILES string of the molecule is Cc1cccc(OCc2cccc(/C(N)=N/O)c2)c1. The smallest absolute Gasteiger partial charge is 0.170 e. The van der Waals surface area contributed by atoms with Crippen molar-refractivity contribution in [3.63, 3.8) is 0 Å². The van der Waals surface area contributed by atoms with Gasteiger partial charge in [0.25, 0.3) is 0 Å². The number of nitrogens with two attached hydrogens (primary N) is 1. The molecule has 0 spiro atoms. The maximum atomic E-state index is 8.65. The molecule has 0 atom stereocenters. The first-order valence-corrected chi connectivity index (χ1v) is 5.95. The Labute approximate surface area is 112 Å². The summed E-state index contributed by atoms with van der Waals surface area (Å²) in [5, 5.41) is 11.6. The number of aryl methyl sites for hydroxylation is 1. The number of hydrogen-bond donors (Lipinski definition) is 2. The molecule has 19 heavy (non-hydrogen) atoms. The molecule has 0 unspecified atom stereocenters. The second-order valence-corrected chi connectivity index (χ2v) is 4.29. The minimum absolute atomic E-state index is 0.0948. The molecule has 98 valence electrons. The first-order valence-electron chi connectivity index (χ1n) is 5.95. The lowest BCUT2D eigenvalue weighted by Crippen LogP contribution is -2.13. The standard InChI is InChI=1S/C15H16N2O2/c1-11-4-2-7-14(8-11)19-10-12-5-3-6-13(9-12)15(16)17-18/h2-9,18H,10H2,1H3,(H2,16,17). The number of oxime groups is 1. The molecule has 0 bridgehead atoms. The van der Waals surface area contributed by atoms with Crippen LogP contribution in [0.3, 0.4) is 0 Å². The van der Waals surface area contributed by atoms with Crippen LogP contribution < -0.4 is 10.5 Å². The monoisotopic (exact) mass is 256 g/mol. The fourth-order valence-electron chi connectivity index (χ4n) is 1.75. The molecule has 2 aromatic carbocycles. The molecule has 0 saturated heterocycles. The Morgan fingerprint density at radius 1 is 1.21 bits per heavy atom. The van der Waals surface area contributed by atoms with Crippen LogP contribution in [0.5, 0.6) is 5.75 Å². The van der Waals surface area contributed by atoms with Crippen molar-refractivity contribution >= 4 is 5.84 Å². The van der Waals surface area contributed by atoms with Gasteiger partial charge in [-0.3, -0.25) is 0 Å². The van der Waals surface area contributed by atoms with Crippen molar-refractivity contribution in [2.75, 3.05) is 0 Å². The maximum absolute atomic E-state index is 8.65. The van der Waals surface area contributed by atoms with Crippen molar-refractivity contribution in [1.29, 1.82) is 0 Å². The molecule has 0 saturated carbocycles. The van der Waals surface area contributed by atoms with Gasteiger partial charge in [0.15, 0.2) is 5.84 Å². The molecule has 3 N–H and O–H groups in total. The second kappa shape index (κ2) is 5.91. The van der Waals surface area contributed by atoms with Gasteiger partial charge in [0.2, 0.25) is 0 Å². The van der Waals surface area contributed by atoms with E-state index in [9.17, 15) is 0 Å². The van der Waals surface area contributed by atoms with E-state index in [1.54, 1.807) is 6.07 Å². The summed E-state index contributed by atoms with van der Waals surface area (Å²) in [6, 6.07) is 15.3. The zero-order chi connectivity index (χ0) is 13.7. The molecule has 0 fully saturated rings. The lowest BCUT2D eigenvalue weighted by Gasteiger charge is -2.08. The van der Waals surface area contributed by atoms with Gasteiger partial charge < -0.3 is 15.7 Å². The van der Waals surface area contributed by atoms with Crippen molar-refractivity contribution in [1.82, 2.24) is 0 Å². The number of rotatable bonds is 4. The van der Waals surface area contributed by atoms with Crippen LogP contribution >= 0.6 is 0 Å². The first kappa shape index (κ1) is 13.0. The number of amidine groups is 1. The van der Waals surface area contributed by atoms with Crippen LogP contribution in [0, 0.1) is 6.92 Å². The van der Waals surface area contributed by atoms with Gasteiger partial charge in [-0.2, -0.15) is 0 Å². The summed E-state index contributed by atoms with van der Waals surface area (Å²) in [6.07, 6.45) is 0. The van der Waals surface area contributed by atoms with Crippen molar-refractivity contribution < 1.29 is 9.94 Å². The maximum Gasteiger partial charge on any atom is 0.170 e. The van der Waals surface area contributed by atoms with E-state index in [0.717, 1.165) is 16.9 Å². The predicted molar refractivity (Wildman–Crippen MR) is 74.5 cm³/mol. The highest BCUT2D eigenvalue weighted by Crippen LogP contribution is 2.15. The Bertz CT molecular complexity index is 594. The van der Waals surface area contributed by atoms with E-state index in [4.69, 9.17) is 15.7 Å². The highest BCUT2D eigenvalue weighted by atomic mass is 16.5. The van der Waals surface area contributed by atoms with E-state index in [2.05, 4.69) is 5.16 Å². The van der Waals surface area contributed by atoms with Crippen LogP contribution in [-0.4, -0.2) is 11.0 Å². The number of nitrogens with zero attached hydrogens (tertiary/aromatic N) is 1. The summed E-state index contributed by atoms with van der Waals surface area (Å²) in [6.45, 7) is 2.46. The Balaban J connectivity index is 2.08. The minimum Gasteiger partial charge on any atom is -0.489 e. The Morgan fingerprint density at radius 2 is 2.00 bits per heavy atom. The second-order valence-electron chi connectivity index (χ2n) is 4.29. The molecule has 0 aromatic heterocycles. The minimum atomic E-state index is 0.0948. The summed E-state index contributed by atoms with van der Waals surface area (Å²) in [7, 11) is 0. The summed E-state index contributed by atoms with van der Waals surface area (Å²) < 4.78 is 5.70. The summed E-state index contributed by atoms with van der Waals surface area (Å²) in [5.74, 6) is 0.923. The topological polar surface area (TPSA) is 67.8 Å². The Morgan fingerprint density at radius 3 is 2.74 bits per heavy atom. The third kappa shape index (κ3) is 3.48. The van der Waals surface area contributed by atoms with E-state index in [1.807, 2.05) is 49.4 Å². The van der Waals surface area contributed by atoms with Crippen LogP contribution in [-0.2, 0) is 6.61 Å². The molecule has 0 amide bonds. The van der Waals surface area contributed by atoms with Crippen molar-refractivity contribution in [3.05, 3.63) is 65.2 Å². The van der Waals surface area contributed by atoms with Gasteiger partial charge in [0.1, 0.15) is 12.4 Å². The molecule has 4 nitrogen and oxygen atoms in total. The zero-order valence-electron chi connectivity index (χ0n) is 10.7. The average molecular weight is 256 g/mol. The third-order valence-electron chi connectivity index (χ3n) is 2.73. The highest BCUT2D eigenvalue weighted by molar-refractivity contribution is 5.97. The summed E-state index contributed by atoms with van der Waals surface area (Å²) >= 11 is 0. The fraction of sp³-hybridized carbons (Fsp3) is 0.133. The number of benzene rings is 2. The Kier molecular flexibility index (Phi) is 4.03. The van der Waals surface area contributed by atoms with E-state index in [0.29, 0.717) is 12.2 Å². The molecule has 2 aromatic rings. The average Bonchev–Trinajstić information content (AvgIpc) is 2.45. The van der Waals surface area contributed by atoms with Crippen LogP contribution in [0.15, 0.2) is 53.7 Å². The quantitative estimate of drug-likeness (QED) is 0.382. The van der Waals surface area contributed by atoms with Crippen molar-refractivity contribution in [2.24, 2.45) is 10.9 Å². The van der Waals surface area contributed by atoms with E-state index in [-0.39, 0.29) is 5.84 Å². The molecular weight excluding hydrogens is 240 g/mol.